The third kappa shape index (κ3) is 6.68. The highest BCUT2D eigenvalue weighted by molar-refractivity contribution is 6.27. The summed E-state index contributed by atoms with van der Waals surface area (Å²) in [6.45, 7) is 9.64. The lowest BCUT2D eigenvalue weighted by molar-refractivity contribution is -0.124. The zero-order valence-electron chi connectivity index (χ0n) is 11.7. The van der Waals surface area contributed by atoms with Gasteiger partial charge in [-0.3, -0.25) is 0 Å². The fraction of sp³-hybridized carbons (Fsp3) is 0.467. The summed E-state index contributed by atoms with van der Waals surface area (Å²) in [6.07, 6.45) is 1.69. The molecule has 0 heterocycles. The van der Waals surface area contributed by atoms with Crippen molar-refractivity contribution in [3.63, 3.8) is 0 Å². The molecular weight excluding hydrogens is 256 g/mol. The first-order valence-corrected chi connectivity index (χ1v) is 7.70. The molecule has 4 heteroatoms. The van der Waals surface area contributed by atoms with Crippen LogP contribution in [0.3, 0.4) is 0 Å². The van der Waals surface area contributed by atoms with E-state index in [1.54, 1.807) is 0 Å². The van der Waals surface area contributed by atoms with Crippen LogP contribution in [0.4, 0.5) is 0 Å². The van der Waals surface area contributed by atoms with E-state index >= 15 is 0 Å². The fourth-order valence-corrected chi connectivity index (χ4v) is 2.37. The summed E-state index contributed by atoms with van der Waals surface area (Å²) in [4.78, 5) is 0. The number of benzene rings is 1. The second-order valence-corrected chi connectivity index (χ2v) is 4.91. The average molecular weight is 278 g/mol. The van der Waals surface area contributed by atoms with Crippen molar-refractivity contribution >= 4 is 15.8 Å². The molecule has 0 amide bonds. The monoisotopic (exact) mass is 278 g/mol. The smallest absolute Gasteiger partial charge is 0.235 e. The predicted molar refractivity (Wildman–Crippen MR) is 78.9 cm³/mol. The van der Waals surface area contributed by atoms with E-state index in [2.05, 4.69) is 18.7 Å². The van der Waals surface area contributed by atoms with E-state index in [1.165, 1.54) is 0 Å². The molecule has 0 unspecified atom stereocenters. The summed E-state index contributed by atoms with van der Waals surface area (Å²) in [5.41, 5.74) is 2.28. The standard InChI is InChI=1S/C15H22O3Si/c1-4-13-8-7-9-14(10-13)11-18-19-12-15(16-5-2)17-6-3/h4,7-10,15H,1,5-6,11-12H2,2-3H3. The molecule has 0 spiro atoms. The minimum atomic E-state index is -0.146. The molecule has 0 aliphatic rings. The Balaban J connectivity index is 2.26. The largest absolute Gasteiger partial charge is 0.413 e. The van der Waals surface area contributed by atoms with Gasteiger partial charge in [0, 0.05) is 19.3 Å². The summed E-state index contributed by atoms with van der Waals surface area (Å²) >= 11 is 0. The van der Waals surface area contributed by atoms with Crippen LogP contribution in [0.2, 0.25) is 6.04 Å². The minimum absolute atomic E-state index is 0.146. The summed E-state index contributed by atoms with van der Waals surface area (Å²) in [5.74, 6) is 0. The van der Waals surface area contributed by atoms with Crippen LogP contribution < -0.4 is 0 Å². The highest BCUT2D eigenvalue weighted by Gasteiger charge is 2.08. The van der Waals surface area contributed by atoms with Gasteiger partial charge in [-0.25, -0.2) is 0 Å². The van der Waals surface area contributed by atoms with Gasteiger partial charge >= 0.3 is 0 Å². The van der Waals surface area contributed by atoms with Gasteiger partial charge < -0.3 is 13.9 Å². The summed E-state index contributed by atoms with van der Waals surface area (Å²) in [5, 5.41) is 0. The topological polar surface area (TPSA) is 27.7 Å². The minimum Gasteiger partial charge on any atom is -0.413 e. The molecule has 0 saturated carbocycles. The van der Waals surface area contributed by atoms with Gasteiger partial charge in [0.1, 0.15) is 0 Å². The van der Waals surface area contributed by atoms with Crippen molar-refractivity contribution in [3.8, 4) is 0 Å². The van der Waals surface area contributed by atoms with Crippen LogP contribution in [0.15, 0.2) is 30.8 Å². The SMILES string of the molecule is C=Cc1cccc(CO[Si]CC(OCC)OCC)c1. The Morgan fingerprint density at radius 3 is 2.63 bits per heavy atom. The molecule has 1 aromatic rings. The maximum atomic E-state index is 5.68. The molecule has 19 heavy (non-hydrogen) atoms. The molecular formula is C15H22O3Si. The molecule has 0 aliphatic heterocycles. The van der Waals surface area contributed by atoms with Gasteiger partial charge in [-0.1, -0.05) is 30.9 Å². The molecule has 0 saturated heterocycles. The van der Waals surface area contributed by atoms with Crippen molar-refractivity contribution < 1.29 is 13.9 Å². The molecule has 104 valence electrons. The van der Waals surface area contributed by atoms with Gasteiger partial charge in [-0.2, -0.15) is 0 Å². The van der Waals surface area contributed by atoms with Crippen LogP contribution in [0.1, 0.15) is 25.0 Å². The fourth-order valence-electron chi connectivity index (χ4n) is 1.61. The van der Waals surface area contributed by atoms with Crippen molar-refractivity contribution in [2.75, 3.05) is 13.2 Å². The molecule has 1 aromatic carbocycles. The van der Waals surface area contributed by atoms with Crippen LogP contribution in [0, 0.1) is 0 Å². The lowest BCUT2D eigenvalue weighted by atomic mass is 10.1. The van der Waals surface area contributed by atoms with E-state index in [1.807, 2.05) is 32.1 Å². The van der Waals surface area contributed by atoms with Crippen LogP contribution in [0.5, 0.6) is 0 Å². The van der Waals surface area contributed by atoms with E-state index in [4.69, 9.17) is 13.9 Å². The van der Waals surface area contributed by atoms with Crippen LogP contribution in [-0.4, -0.2) is 29.3 Å². The normalized spacial score (nSPS) is 10.9. The first-order chi connectivity index (χ1) is 9.30. The number of rotatable bonds is 10. The van der Waals surface area contributed by atoms with Crippen molar-refractivity contribution in [2.45, 2.75) is 32.8 Å². The molecule has 1 rings (SSSR count). The number of hydrogen-bond acceptors (Lipinski definition) is 3. The Labute approximate surface area is 118 Å². The van der Waals surface area contributed by atoms with Crippen LogP contribution in [0.25, 0.3) is 6.08 Å². The van der Waals surface area contributed by atoms with E-state index in [0.717, 1.165) is 17.2 Å². The molecule has 0 bridgehead atoms. The Morgan fingerprint density at radius 1 is 1.26 bits per heavy atom. The van der Waals surface area contributed by atoms with Crippen LogP contribution >= 0.6 is 0 Å². The molecule has 0 N–H and O–H groups in total. The number of ether oxygens (including phenoxy) is 2. The van der Waals surface area contributed by atoms with Crippen LogP contribution in [-0.2, 0) is 20.5 Å². The Bertz CT molecular complexity index is 362. The second kappa shape index (κ2) is 9.92. The summed E-state index contributed by atoms with van der Waals surface area (Å²) in [6, 6.07) is 8.96. The highest BCUT2D eigenvalue weighted by atomic mass is 28.2. The third-order valence-corrected chi connectivity index (χ3v) is 3.33. The van der Waals surface area contributed by atoms with Gasteiger partial charge in [0.2, 0.25) is 9.76 Å². The zero-order chi connectivity index (χ0) is 13.9. The highest BCUT2D eigenvalue weighted by Crippen LogP contribution is 2.08. The van der Waals surface area contributed by atoms with Crippen molar-refractivity contribution in [1.82, 2.24) is 0 Å². The summed E-state index contributed by atoms with van der Waals surface area (Å²) < 4.78 is 16.6. The lowest BCUT2D eigenvalue weighted by Crippen LogP contribution is -2.20. The third-order valence-electron chi connectivity index (χ3n) is 2.48. The Morgan fingerprint density at radius 2 is 2.00 bits per heavy atom. The molecule has 3 nitrogen and oxygen atoms in total. The average Bonchev–Trinajstić information content (AvgIpc) is 2.44. The Kier molecular flexibility index (Phi) is 8.41. The van der Waals surface area contributed by atoms with Gasteiger partial charge in [0.15, 0.2) is 6.29 Å². The maximum absolute atomic E-state index is 5.68. The van der Waals surface area contributed by atoms with Crippen molar-refractivity contribution in [2.24, 2.45) is 0 Å². The molecule has 0 fully saturated rings. The van der Waals surface area contributed by atoms with Gasteiger partial charge in [-0.15, -0.1) is 0 Å². The predicted octanol–water partition coefficient (Wildman–Crippen LogP) is 3.28. The molecule has 0 atom stereocenters. The van der Waals surface area contributed by atoms with Gasteiger partial charge in [0.05, 0.1) is 6.61 Å². The van der Waals surface area contributed by atoms with Crippen molar-refractivity contribution in [1.29, 1.82) is 0 Å². The first kappa shape index (κ1) is 16.1. The number of hydrogen-bond donors (Lipinski definition) is 0. The Hall–Kier alpha value is -0.943. The van der Waals surface area contributed by atoms with Crippen molar-refractivity contribution in [3.05, 3.63) is 42.0 Å². The molecule has 0 aliphatic carbocycles. The van der Waals surface area contributed by atoms with Gasteiger partial charge in [0.25, 0.3) is 0 Å². The zero-order valence-corrected chi connectivity index (χ0v) is 12.7. The van der Waals surface area contributed by atoms with E-state index < -0.39 is 0 Å². The lowest BCUT2D eigenvalue weighted by Gasteiger charge is -2.15. The molecule has 2 radical (unpaired) electrons. The second-order valence-electron chi connectivity index (χ2n) is 3.93. The molecule has 0 aromatic heterocycles. The van der Waals surface area contributed by atoms with E-state index in [0.29, 0.717) is 29.6 Å². The van der Waals surface area contributed by atoms with E-state index in [9.17, 15) is 0 Å². The first-order valence-electron chi connectivity index (χ1n) is 6.59. The summed E-state index contributed by atoms with van der Waals surface area (Å²) in [7, 11) is 0.379. The van der Waals surface area contributed by atoms with E-state index in [-0.39, 0.29) is 6.29 Å². The quantitative estimate of drug-likeness (QED) is 0.373. The maximum Gasteiger partial charge on any atom is 0.235 e. The van der Waals surface area contributed by atoms with Gasteiger partial charge in [-0.05, 0) is 31.0 Å².